The van der Waals surface area contributed by atoms with E-state index in [1.807, 2.05) is 34.9 Å². The highest BCUT2D eigenvalue weighted by molar-refractivity contribution is 7.11. The van der Waals surface area contributed by atoms with Gasteiger partial charge in [-0.1, -0.05) is 58.4 Å². The van der Waals surface area contributed by atoms with Crippen molar-refractivity contribution in [2.24, 2.45) is 0 Å². The maximum absolute atomic E-state index is 13.7. The van der Waals surface area contributed by atoms with Crippen LogP contribution in [0.15, 0.2) is 30.3 Å². The standard InChI is InChI=1S/C32H50N2O4S/c1-7-9-10-11-12-13-14-15-31(35)34(25(3)8-2)24-32(36)33(23-28-18-16-26(4)39-28)21-20-27-17-19-29(37-5)30(22-27)38-6/h16-19,22,25H,7-15,20-21,23-24H2,1-6H3/t25-/m0/s1. The van der Waals surface area contributed by atoms with E-state index < -0.39 is 0 Å². The van der Waals surface area contributed by atoms with Gasteiger partial charge in [0.05, 0.1) is 27.3 Å². The molecule has 2 rings (SSSR count). The normalized spacial score (nSPS) is 11.7. The predicted molar refractivity (Wildman–Crippen MR) is 162 cm³/mol. The highest BCUT2D eigenvalue weighted by atomic mass is 32.1. The van der Waals surface area contributed by atoms with E-state index in [1.165, 1.54) is 37.0 Å². The van der Waals surface area contributed by atoms with E-state index in [4.69, 9.17) is 9.47 Å². The fourth-order valence-electron chi connectivity index (χ4n) is 4.68. The van der Waals surface area contributed by atoms with Crippen LogP contribution in [0.1, 0.15) is 93.9 Å². The van der Waals surface area contributed by atoms with Gasteiger partial charge in [-0.3, -0.25) is 9.59 Å². The van der Waals surface area contributed by atoms with Crippen LogP contribution < -0.4 is 9.47 Å². The van der Waals surface area contributed by atoms with Gasteiger partial charge in [0.15, 0.2) is 11.5 Å². The molecule has 0 bridgehead atoms. The highest BCUT2D eigenvalue weighted by Gasteiger charge is 2.25. The van der Waals surface area contributed by atoms with E-state index >= 15 is 0 Å². The van der Waals surface area contributed by atoms with Crippen molar-refractivity contribution < 1.29 is 19.1 Å². The van der Waals surface area contributed by atoms with Gasteiger partial charge in [0.25, 0.3) is 0 Å². The van der Waals surface area contributed by atoms with E-state index in [9.17, 15) is 9.59 Å². The summed E-state index contributed by atoms with van der Waals surface area (Å²) in [5, 5.41) is 0. The van der Waals surface area contributed by atoms with Crippen LogP contribution in [0.3, 0.4) is 0 Å². The van der Waals surface area contributed by atoms with Crippen LogP contribution >= 0.6 is 11.3 Å². The summed E-state index contributed by atoms with van der Waals surface area (Å²) in [6.45, 7) is 9.66. The number of unbranched alkanes of at least 4 members (excludes halogenated alkanes) is 6. The van der Waals surface area contributed by atoms with Crippen LogP contribution in [-0.2, 0) is 22.6 Å². The van der Waals surface area contributed by atoms with Gasteiger partial charge < -0.3 is 19.3 Å². The quantitative estimate of drug-likeness (QED) is 0.168. The number of carbonyl (C=O) groups excluding carboxylic acids is 2. The van der Waals surface area contributed by atoms with E-state index in [2.05, 4.69) is 32.9 Å². The molecule has 1 aromatic heterocycles. The number of hydrogen-bond donors (Lipinski definition) is 0. The molecule has 6 nitrogen and oxygen atoms in total. The number of amides is 2. The molecular weight excluding hydrogens is 508 g/mol. The van der Waals surface area contributed by atoms with E-state index in [0.717, 1.165) is 29.7 Å². The van der Waals surface area contributed by atoms with Crippen molar-refractivity contribution in [1.82, 2.24) is 9.80 Å². The summed E-state index contributed by atoms with van der Waals surface area (Å²) in [7, 11) is 3.25. The number of ether oxygens (including phenoxy) is 2. The van der Waals surface area contributed by atoms with Crippen molar-refractivity contribution in [3.05, 3.63) is 45.6 Å². The van der Waals surface area contributed by atoms with Gasteiger partial charge in [-0.05, 0) is 62.9 Å². The van der Waals surface area contributed by atoms with Gasteiger partial charge in [-0.25, -0.2) is 0 Å². The van der Waals surface area contributed by atoms with Gasteiger partial charge in [0.2, 0.25) is 11.8 Å². The average Bonchev–Trinajstić information content (AvgIpc) is 3.36. The van der Waals surface area contributed by atoms with Gasteiger partial charge in [0, 0.05) is 28.8 Å². The van der Waals surface area contributed by atoms with Gasteiger partial charge in [-0.2, -0.15) is 0 Å². The van der Waals surface area contributed by atoms with Gasteiger partial charge in [-0.15, -0.1) is 11.3 Å². The third-order valence-corrected chi connectivity index (χ3v) is 8.34. The molecule has 0 aliphatic carbocycles. The summed E-state index contributed by atoms with van der Waals surface area (Å²) < 4.78 is 10.8. The topological polar surface area (TPSA) is 59.1 Å². The molecule has 7 heteroatoms. The Morgan fingerprint density at radius 2 is 1.59 bits per heavy atom. The van der Waals surface area contributed by atoms with Crippen molar-refractivity contribution in [3.8, 4) is 11.5 Å². The predicted octanol–water partition coefficient (Wildman–Crippen LogP) is 7.41. The van der Waals surface area contributed by atoms with Crippen LogP contribution in [0.5, 0.6) is 11.5 Å². The van der Waals surface area contributed by atoms with Crippen molar-refractivity contribution in [2.75, 3.05) is 27.3 Å². The number of hydrogen-bond acceptors (Lipinski definition) is 5. The van der Waals surface area contributed by atoms with Crippen LogP contribution in [0.4, 0.5) is 0 Å². The molecule has 0 N–H and O–H groups in total. The second kappa shape index (κ2) is 17.9. The van der Waals surface area contributed by atoms with E-state index in [1.54, 1.807) is 25.6 Å². The maximum Gasteiger partial charge on any atom is 0.242 e. The number of methoxy groups -OCH3 is 2. The zero-order chi connectivity index (χ0) is 28.6. The summed E-state index contributed by atoms with van der Waals surface area (Å²) in [5.41, 5.74) is 1.07. The molecule has 1 aromatic carbocycles. The molecule has 0 aliphatic rings. The molecule has 0 spiro atoms. The first-order valence-electron chi connectivity index (χ1n) is 14.7. The number of rotatable bonds is 19. The highest BCUT2D eigenvalue weighted by Crippen LogP contribution is 2.28. The molecule has 0 radical (unpaired) electrons. The first kappa shape index (κ1) is 32.7. The number of aryl methyl sites for hydroxylation is 1. The monoisotopic (exact) mass is 558 g/mol. The lowest BCUT2D eigenvalue weighted by molar-refractivity contribution is -0.142. The minimum atomic E-state index is -0.00487. The molecule has 218 valence electrons. The number of carbonyl (C=O) groups is 2. The molecule has 0 saturated carbocycles. The molecule has 2 aromatic rings. The second-order valence-electron chi connectivity index (χ2n) is 10.4. The Labute approximate surface area is 240 Å². The Morgan fingerprint density at radius 3 is 2.21 bits per heavy atom. The zero-order valence-corrected chi connectivity index (χ0v) is 25.9. The second-order valence-corrected chi connectivity index (χ2v) is 11.8. The van der Waals surface area contributed by atoms with Crippen molar-refractivity contribution in [1.29, 1.82) is 0 Å². The summed E-state index contributed by atoms with van der Waals surface area (Å²) >= 11 is 1.71. The molecule has 0 unspecified atom stereocenters. The third kappa shape index (κ3) is 11.2. The molecule has 0 aliphatic heterocycles. The number of thiophene rings is 1. The minimum Gasteiger partial charge on any atom is -0.493 e. The van der Waals surface area contributed by atoms with Crippen LogP contribution in [0, 0.1) is 6.92 Å². The van der Waals surface area contributed by atoms with E-state index in [-0.39, 0.29) is 24.4 Å². The molecule has 0 saturated heterocycles. The minimum absolute atomic E-state index is 0.00487. The summed E-state index contributed by atoms with van der Waals surface area (Å²) in [5.74, 6) is 1.46. The number of nitrogens with zero attached hydrogens (tertiary/aromatic N) is 2. The first-order valence-corrected chi connectivity index (χ1v) is 15.5. The third-order valence-electron chi connectivity index (χ3n) is 7.36. The maximum atomic E-state index is 13.7. The van der Waals surface area contributed by atoms with Crippen LogP contribution in [-0.4, -0.2) is 55.0 Å². The van der Waals surface area contributed by atoms with Gasteiger partial charge in [0.1, 0.15) is 0 Å². The SMILES string of the molecule is CCCCCCCCCC(=O)N(CC(=O)N(CCc1ccc(OC)c(OC)c1)Cc1ccc(C)s1)[C@@H](C)CC. The van der Waals surface area contributed by atoms with Crippen LogP contribution in [0.25, 0.3) is 0 Å². The summed E-state index contributed by atoms with van der Waals surface area (Å²) in [6.07, 6.45) is 10.2. The largest absolute Gasteiger partial charge is 0.493 e. The lowest BCUT2D eigenvalue weighted by Crippen LogP contribution is -2.46. The molecule has 1 heterocycles. The Bertz CT molecular complexity index is 1010. The lowest BCUT2D eigenvalue weighted by Gasteiger charge is -2.31. The van der Waals surface area contributed by atoms with Gasteiger partial charge >= 0.3 is 0 Å². The number of benzene rings is 1. The first-order chi connectivity index (χ1) is 18.8. The lowest BCUT2D eigenvalue weighted by atomic mass is 10.1. The Hall–Kier alpha value is -2.54. The van der Waals surface area contributed by atoms with Crippen molar-refractivity contribution in [3.63, 3.8) is 0 Å². The van der Waals surface area contributed by atoms with Crippen molar-refractivity contribution in [2.45, 2.75) is 104 Å². The fraction of sp³-hybridized carbons (Fsp3) is 0.625. The Kier molecular flexibility index (Phi) is 15.0. The molecular formula is C32H50N2O4S. The fourth-order valence-corrected chi connectivity index (χ4v) is 5.59. The Morgan fingerprint density at radius 1 is 0.897 bits per heavy atom. The van der Waals surface area contributed by atoms with E-state index in [0.29, 0.717) is 37.4 Å². The average molecular weight is 559 g/mol. The molecule has 39 heavy (non-hydrogen) atoms. The zero-order valence-electron chi connectivity index (χ0n) is 25.1. The molecule has 0 fully saturated rings. The summed E-state index contributed by atoms with van der Waals surface area (Å²) in [4.78, 5) is 33.0. The Balaban J connectivity index is 2.07. The van der Waals surface area contributed by atoms with Crippen LogP contribution in [0.2, 0.25) is 0 Å². The van der Waals surface area contributed by atoms with Crippen molar-refractivity contribution >= 4 is 23.2 Å². The smallest absolute Gasteiger partial charge is 0.242 e. The molecule has 2 amide bonds. The molecule has 1 atom stereocenters. The summed E-state index contributed by atoms with van der Waals surface area (Å²) in [6, 6.07) is 10.1.